The highest BCUT2D eigenvalue weighted by Gasteiger charge is 2.29. The van der Waals surface area contributed by atoms with Crippen molar-refractivity contribution in [3.8, 4) is 5.75 Å². The van der Waals surface area contributed by atoms with Crippen LogP contribution in [0.2, 0.25) is 0 Å². The molecule has 3 heterocycles. The van der Waals surface area contributed by atoms with Gasteiger partial charge in [0.25, 0.3) is 0 Å². The molecule has 216 valence electrons. The molecule has 8 heteroatoms. The molecule has 0 radical (unpaired) electrons. The number of halogens is 1. The summed E-state index contributed by atoms with van der Waals surface area (Å²) >= 11 is 0. The number of hydrogen-bond donors (Lipinski definition) is 1. The maximum Gasteiger partial charge on any atom is 0.226 e. The molecule has 5 rings (SSSR count). The lowest BCUT2D eigenvalue weighted by atomic mass is 9.85. The zero-order valence-electron chi connectivity index (χ0n) is 23.7. The van der Waals surface area contributed by atoms with Gasteiger partial charge >= 0.3 is 0 Å². The van der Waals surface area contributed by atoms with E-state index in [4.69, 9.17) is 9.84 Å². The minimum Gasteiger partial charge on any atom is -0.490 e. The van der Waals surface area contributed by atoms with Gasteiger partial charge in [0.15, 0.2) is 11.6 Å². The second kappa shape index (κ2) is 13.6. The number of aliphatic hydroxyl groups is 1. The summed E-state index contributed by atoms with van der Waals surface area (Å²) in [6.45, 7) is 6.17. The van der Waals surface area contributed by atoms with Gasteiger partial charge in [-0.2, -0.15) is 0 Å². The molecule has 1 aliphatic carbocycles. The highest BCUT2D eigenvalue weighted by atomic mass is 19.1. The van der Waals surface area contributed by atoms with Crippen LogP contribution < -0.4 is 9.64 Å². The van der Waals surface area contributed by atoms with Crippen LogP contribution in [-0.2, 0) is 11.2 Å². The van der Waals surface area contributed by atoms with Crippen LogP contribution in [0, 0.1) is 23.6 Å². The molecule has 3 aliphatic rings. The van der Waals surface area contributed by atoms with Crippen molar-refractivity contribution in [2.24, 2.45) is 17.8 Å². The number of likely N-dealkylation sites (tertiary alicyclic amines) is 1. The second-order valence-electron chi connectivity index (χ2n) is 11.6. The third-order valence-electron chi connectivity index (χ3n) is 9.00. The summed E-state index contributed by atoms with van der Waals surface area (Å²) < 4.78 is 20.9. The van der Waals surface area contributed by atoms with Gasteiger partial charge in [-0.25, -0.2) is 14.4 Å². The van der Waals surface area contributed by atoms with Crippen molar-refractivity contribution < 1.29 is 19.0 Å². The van der Waals surface area contributed by atoms with E-state index in [0.717, 1.165) is 100 Å². The summed E-state index contributed by atoms with van der Waals surface area (Å²) in [6.07, 6.45) is 13.9. The summed E-state index contributed by atoms with van der Waals surface area (Å²) in [6, 6.07) is 5.27. The average molecular weight is 551 g/mol. The first-order valence-corrected chi connectivity index (χ1v) is 15.1. The molecular weight excluding hydrogens is 507 g/mol. The molecule has 1 aromatic heterocycles. The second-order valence-corrected chi connectivity index (χ2v) is 11.6. The van der Waals surface area contributed by atoms with Gasteiger partial charge in [-0.05, 0) is 98.5 Å². The maximum atomic E-state index is 15.0. The van der Waals surface area contributed by atoms with E-state index in [1.807, 2.05) is 23.4 Å². The van der Waals surface area contributed by atoms with E-state index in [1.165, 1.54) is 0 Å². The van der Waals surface area contributed by atoms with E-state index in [1.54, 1.807) is 12.1 Å². The lowest BCUT2D eigenvalue weighted by molar-refractivity contribution is -0.137. The number of benzene rings is 1. The van der Waals surface area contributed by atoms with Crippen molar-refractivity contribution in [1.29, 1.82) is 0 Å². The molecule has 1 amide bonds. The fourth-order valence-corrected chi connectivity index (χ4v) is 6.22. The van der Waals surface area contributed by atoms with Crippen molar-refractivity contribution in [3.05, 3.63) is 53.6 Å². The van der Waals surface area contributed by atoms with E-state index in [-0.39, 0.29) is 24.2 Å². The first-order chi connectivity index (χ1) is 19.5. The SMILES string of the molecule is CCc1cnc(N2CCC(COc3ccc(C4=CCC(C(=O)N5CCC(CCO)CC5)CC4)cc3F)CC2)nc1. The number of aryl methyl sites for hydroxylation is 1. The Hall–Kier alpha value is -3.00. The quantitative estimate of drug-likeness (QED) is 0.458. The molecule has 2 saturated heterocycles. The number of ether oxygens (including phenoxy) is 1. The van der Waals surface area contributed by atoms with Crippen LogP contribution in [0.1, 0.15) is 69.4 Å². The molecule has 40 heavy (non-hydrogen) atoms. The zero-order chi connectivity index (χ0) is 27.9. The lowest BCUT2D eigenvalue weighted by Crippen LogP contribution is -2.42. The Bertz CT molecular complexity index is 1160. The molecule has 2 aromatic rings. The van der Waals surface area contributed by atoms with Gasteiger partial charge in [-0.15, -0.1) is 0 Å². The van der Waals surface area contributed by atoms with E-state index in [9.17, 15) is 9.18 Å². The van der Waals surface area contributed by atoms with Crippen LogP contribution in [-0.4, -0.2) is 65.3 Å². The number of allylic oxidation sites excluding steroid dienone is 2. The fraction of sp³-hybridized carbons (Fsp3) is 0.594. The number of anilines is 1. The summed E-state index contributed by atoms with van der Waals surface area (Å²) in [5, 5.41) is 9.16. The molecule has 0 saturated carbocycles. The molecule has 7 nitrogen and oxygen atoms in total. The minimum absolute atomic E-state index is 0.0132. The van der Waals surface area contributed by atoms with Crippen molar-refractivity contribution in [2.75, 3.05) is 44.3 Å². The van der Waals surface area contributed by atoms with Crippen LogP contribution >= 0.6 is 0 Å². The number of hydrogen-bond acceptors (Lipinski definition) is 6. The minimum atomic E-state index is -0.329. The summed E-state index contributed by atoms with van der Waals surface area (Å²) in [5.74, 6) is 1.93. The van der Waals surface area contributed by atoms with Crippen LogP contribution in [0.4, 0.5) is 10.3 Å². The van der Waals surface area contributed by atoms with Crippen LogP contribution in [0.25, 0.3) is 5.57 Å². The Labute approximate surface area is 237 Å². The van der Waals surface area contributed by atoms with E-state index >= 15 is 0 Å². The Morgan fingerprint density at radius 2 is 1.77 bits per heavy atom. The molecule has 1 unspecified atom stereocenters. The van der Waals surface area contributed by atoms with Gasteiger partial charge < -0.3 is 19.6 Å². The van der Waals surface area contributed by atoms with Crippen LogP contribution in [0.15, 0.2) is 36.7 Å². The molecule has 2 fully saturated rings. The maximum absolute atomic E-state index is 15.0. The molecule has 0 bridgehead atoms. The predicted molar refractivity (Wildman–Crippen MR) is 155 cm³/mol. The molecule has 1 N–H and O–H groups in total. The first kappa shape index (κ1) is 28.5. The average Bonchev–Trinajstić information content (AvgIpc) is 3.01. The van der Waals surface area contributed by atoms with Gasteiger partial charge in [-0.1, -0.05) is 19.1 Å². The van der Waals surface area contributed by atoms with Gasteiger partial charge in [0.2, 0.25) is 11.9 Å². The van der Waals surface area contributed by atoms with Crippen molar-refractivity contribution in [1.82, 2.24) is 14.9 Å². The lowest BCUT2D eigenvalue weighted by Gasteiger charge is -2.35. The van der Waals surface area contributed by atoms with Gasteiger partial charge in [0.1, 0.15) is 0 Å². The van der Waals surface area contributed by atoms with Gasteiger partial charge in [0.05, 0.1) is 6.61 Å². The molecule has 1 atom stereocenters. The molecular formula is C32H43FN4O3. The highest BCUT2D eigenvalue weighted by Crippen LogP contribution is 2.34. The van der Waals surface area contributed by atoms with Crippen molar-refractivity contribution in [2.45, 2.75) is 64.7 Å². The molecule has 2 aliphatic heterocycles. The Balaban J connectivity index is 1.07. The fourth-order valence-electron chi connectivity index (χ4n) is 6.22. The number of piperidine rings is 2. The van der Waals surface area contributed by atoms with E-state index < -0.39 is 0 Å². The topological polar surface area (TPSA) is 78.8 Å². The van der Waals surface area contributed by atoms with E-state index in [0.29, 0.717) is 30.6 Å². The standard InChI is InChI=1S/C32H43FN4O3/c1-2-23-20-34-32(35-21-23)37-16-11-25(12-17-37)22-40-30-8-7-28(19-29(30)33)26-3-5-27(6-4-26)31(39)36-14-9-24(10-15-36)13-18-38/h3,7-8,19-21,24-25,27,38H,2,4-6,9-18,22H2,1H3. The number of amides is 1. The number of nitrogens with zero attached hydrogens (tertiary/aromatic N) is 4. The number of carbonyl (C=O) groups excluding carboxylic acids is 1. The number of aromatic nitrogens is 2. The Morgan fingerprint density at radius 3 is 2.40 bits per heavy atom. The number of aliphatic hydroxyl groups excluding tert-OH is 1. The zero-order valence-corrected chi connectivity index (χ0v) is 23.7. The summed E-state index contributed by atoms with van der Waals surface area (Å²) in [5.41, 5.74) is 3.13. The van der Waals surface area contributed by atoms with Gasteiger partial charge in [0, 0.05) is 51.1 Å². The van der Waals surface area contributed by atoms with Gasteiger partial charge in [-0.3, -0.25) is 4.79 Å². The number of rotatable bonds is 9. The third-order valence-corrected chi connectivity index (χ3v) is 9.00. The van der Waals surface area contributed by atoms with Crippen LogP contribution in [0.5, 0.6) is 5.75 Å². The largest absolute Gasteiger partial charge is 0.490 e. The van der Waals surface area contributed by atoms with Crippen LogP contribution in [0.3, 0.4) is 0 Å². The Morgan fingerprint density at radius 1 is 1.05 bits per heavy atom. The summed E-state index contributed by atoms with van der Waals surface area (Å²) in [7, 11) is 0. The Kier molecular flexibility index (Phi) is 9.68. The predicted octanol–water partition coefficient (Wildman–Crippen LogP) is 5.28. The highest BCUT2D eigenvalue weighted by molar-refractivity contribution is 5.81. The molecule has 0 spiro atoms. The first-order valence-electron chi connectivity index (χ1n) is 15.1. The van der Waals surface area contributed by atoms with Crippen molar-refractivity contribution >= 4 is 17.4 Å². The summed E-state index contributed by atoms with van der Waals surface area (Å²) in [4.78, 5) is 26.2. The van der Waals surface area contributed by atoms with E-state index in [2.05, 4.69) is 27.9 Å². The monoisotopic (exact) mass is 550 g/mol. The molecule has 1 aromatic carbocycles. The van der Waals surface area contributed by atoms with Crippen molar-refractivity contribution in [3.63, 3.8) is 0 Å². The number of carbonyl (C=O) groups is 1. The third kappa shape index (κ3) is 7.00. The smallest absolute Gasteiger partial charge is 0.226 e. The normalized spacial score (nSPS) is 20.9.